The van der Waals surface area contributed by atoms with Crippen molar-refractivity contribution in [1.29, 1.82) is 0 Å². The second-order valence-corrected chi connectivity index (χ2v) is 6.58. The minimum absolute atomic E-state index is 0.105. The van der Waals surface area contributed by atoms with Gasteiger partial charge in [-0.2, -0.15) is 0 Å². The molecule has 0 bridgehead atoms. The summed E-state index contributed by atoms with van der Waals surface area (Å²) in [5.74, 6) is 0.00916. The number of nitrogens with zero attached hydrogens (tertiary/aromatic N) is 1. The van der Waals surface area contributed by atoms with Crippen molar-refractivity contribution in [2.45, 2.75) is 39.2 Å². The molecule has 1 saturated heterocycles. The van der Waals surface area contributed by atoms with E-state index in [0.717, 1.165) is 17.7 Å². The zero-order chi connectivity index (χ0) is 18.0. The lowest BCUT2D eigenvalue weighted by atomic mass is 9.99. The smallest absolute Gasteiger partial charge is 0.321 e. The summed E-state index contributed by atoms with van der Waals surface area (Å²) in [5, 5.41) is 12.0. The van der Waals surface area contributed by atoms with Gasteiger partial charge in [0.15, 0.2) is 0 Å². The first kappa shape index (κ1) is 17.4. The maximum Gasteiger partial charge on any atom is 0.321 e. The van der Waals surface area contributed by atoms with Gasteiger partial charge >= 0.3 is 12.0 Å². The van der Waals surface area contributed by atoms with Gasteiger partial charge in [0.2, 0.25) is 0 Å². The number of nitrogens with one attached hydrogen (secondary N) is 1. The Labute approximate surface area is 146 Å². The third kappa shape index (κ3) is 3.81. The molecule has 1 aromatic carbocycles. The Hall–Kier alpha value is -2.44. The molecule has 0 saturated carbocycles. The van der Waals surface area contributed by atoms with E-state index in [1.54, 1.807) is 11.0 Å². The van der Waals surface area contributed by atoms with Crippen LogP contribution in [0.1, 0.15) is 32.3 Å². The minimum Gasteiger partial charge on any atom is -0.492 e. The standard InChI is InChI=1S/C18H24N2O5/c1-3-24-16-8-13-7-11(2)25-15(13)9-14(16)19-18(23)20-6-4-5-12(10-20)17(21)22/h8-9,11-12H,3-7,10H2,1-2H3,(H,19,23)(H,21,22). The predicted molar refractivity (Wildman–Crippen MR) is 92.4 cm³/mol. The van der Waals surface area contributed by atoms with E-state index in [2.05, 4.69) is 5.32 Å². The lowest BCUT2D eigenvalue weighted by molar-refractivity contribution is -0.143. The number of hydrogen-bond donors (Lipinski definition) is 2. The van der Waals surface area contributed by atoms with Crippen molar-refractivity contribution in [2.75, 3.05) is 25.0 Å². The van der Waals surface area contributed by atoms with Crippen LogP contribution in [0.3, 0.4) is 0 Å². The van der Waals surface area contributed by atoms with Crippen molar-refractivity contribution >= 4 is 17.7 Å². The molecule has 0 aromatic heterocycles. The fraction of sp³-hybridized carbons (Fsp3) is 0.556. The SMILES string of the molecule is CCOc1cc2c(cc1NC(=O)N1CCCC(C(=O)O)C1)OC(C)C2. The molecule has 2 aliphatic heterocycles. The van der Waals surface area contributed by atoms with E-state index >= 15 is 0 Å². The van der Waals surface area contributed by atoms with Crippen molar-refractivity contribution in [3.8, 4) is 11.5 Å². The van der Waals surface area contributed by atoms with Gasteiger partial charge < -0.3 is 24.8 Å². The highest BCUT2D eigenvalue weighted by molar-refractivity contribution is 5.92. The van der Waals surface area contributed by atoms with Crippen LogP contribution in [0.15, 0.2) is 12.1 Å². The number of benzene rings is 1. The van der Waals surface area contributed by atoms with Crippen LogP contribution < -0.4 is 14.8 Å². The number of amides is 2. The topological polar surface area (TPSA) is 88.1 Å². The minimum atomic E-state index is -0.854. The van der Waals surface area contributed by atoms with Crippen LogP contribution in [-0.4, -0.2) is 47.8 Å². The highest BCUT2D eigenvalue weighted by atomic mass is 16.5. The molecule has 7 heteroatoms. The molecule has 2 N–H and O–H groups in total. The second-order valence-electron chi connectivity index (χ2n) is 6.58. The Morgan fingerprint density at radius 2 is 2.24 bits per heavy atom. The molecule has 0 radical (unpaired) electrons. The summed E-state index contributed by atoms with van der Waals surface area (Å²) in [4.78, 5) is 25.3. The van der Waals surface area contributed by atoms with Crippen LogP contribution in [0.2, 0.25) is 0 Å². The molecule has 1 aromatic rings. The second kappa shape index (κ2) is 7.21. The van der Waals surface area contributed by atoms with Crippen LogP contribution in [0, 0.1) is 5.92 Å². The monoisotopic (exact) mass is 348 g/mol. The van der Waals surface area contributed by atoms with Crippen molar-refractivity contribution < 1.29 is 24.2 Å². The maximum atomic E-state index is 12.6. The van der Waals surface area contributed by atoms with E-state index in [9.17, 15) is 14.7 Å². The van der Waals surface area contributed by atoms with Crippen LogP contribution in [0.25, 0.3) is 0 Å². The molecule has 2 atom stereocenters. The first-order valence-electron chi connectivity index (χ1n) is 8.73. The molecule has 136 valence electrons. The lowest BCUT2D eigenvalue weighted by Crippen LogP contribution is -2.44. The third-order valence-corrected chi connectivity index (χ3v) is 4.60. The zero-order valence-electron chi connectivity index (χ0n) is 14.6. The first-order chi connectivity index (χ1) is 12.0. The van der Waals surface area contributed by atoms with E-state index in [0.29, 0.717) is 37.4 Å². The van der Waals surface area contributed by atoms with Gasteiger partial charge in [-0.15, -0.1) is 0 Å². The summed E-state index contributed by atoms with van der Waals surface area (Å²) >= 11 is 0. The Kier molecular flexibility index (Phi) is 5.01. The number of carbonyl (C=O) groups is 2. The summed E-state index contributed by atoms with van der Waals surface area (Å²) in [6, 6.07) is 3.40. The molecular formula is C18H24N2O5. The van der Waals surface area contributed by atoms with Crippen LogP contribution in [0.5, 0.6) is 11.5 Å². The lowest BCUT2D eigenvalue weighted by Gasteiger charge is -2.31. The van der Waals surface area contributed by atoms with E-state index in [1.807, 2.05) is 19.9 Å². The number of aliphatic carboxylic acids is 1. The van der Waals surface area contributed by atoms with E-state index in [1.165, 1.54) is 0 Å². The Balaban J connectivity index is 1.76. The van der Waals surface area contributed by atoms with E-state index < -0.39 is 11.9 Å². The highest BCUT2D eigenvalue weighted by Crippen LogP contribution is 2.38. The number of ether oxygens (including phenoxy) is 2. The number of carboxylic acid groups (broad SMARTS) is 1. The Morgan fingerprint density at radius 1 is 1.44 bits per heavy atom. The number of piperidine rings is 1. The van der Waals surface area contributed by atoms with Gasteiger partial charge in [0.05, 0.1) is 18.2 Å². The van der Waals surface area contributed by atoms with Crippen molar-refractivity contribution in [2.24, 2.45) is 5.92 Å². The fourth-order valence-corrected chi connectivity index (χ4v) is 3.37. The van der Waals surface area contributed by atoms with E-state index in [4.69, 9.17) is 9.47 Å². The molecule has 7 nitrogen and oxygen atoms in total. The molecule has 0 aliphatic carbocycles. The first-order valence-corrected chi connectivity index (χ1v) is 8.73. The van der Waals surface area contributed by atoms with Crippen molar-refractivity contribution in [3.63, 3.8) is 0 Å². The number of carbonyl (C=O) groups excluding carboxylic acids is 1. The Morgan fingerprint density at radius 3 is 2.96 bits per heavy atom. The summed E-state index contributed by atoms with van der Waals surface area (Å²) in [7, 11) is 0. The molecule has 2 amide bonds. The normalized spacial score (nSPS) is 22.1. The van der Waals surface area contributed by atoms with Crippen LogP contribution in [0.4, 0.5) is 10.5 Å². The fourth-order valence-electron chi connectivity index (χ4n) is 3.37. The average molecular weight is 348 g/mol. The molecule has 3 rings (SSSR count). The summed E-state index contributed by atoms with van der Waals surface area (Å²) in [5.41, 5.74) is 1.62. The molecular weight excluding hydrogens is 324 g/mol. The number of likely N-dealkylation sites (tertiary alicyclic amines) is 1. The summed E-state index contributed by atoms with van der Waals surface area (Å²) < 4.78 is 11.4. The predicted octanol–water partition coefficient (Wildman–Crippen LogP) is 2.74. The van der Waals surface area contributed by atoms with Gasteiger partial charge in [-0.25, -0.2) is 4.79 Å². The van der Waals surface area contributed by atoms with Crippen LogP contribution in [-0.2, 0) is 11.2 Å². The summed E-state index contributed by atoms with van der Waals surface area (Å²) in [6.07, 6.45) is 2.21. The zero-order valence-corrected chi connectivity index (χ0v) is 14.6. The largest absolute Gasteiger partial charge is 0.492 e. The molecule has 2 unspecified atom stereocenters. The Bertz CT molecular complexity index is 676. The quantitative estimate of drug-likeness (QED) is 0.873. The molecule has 1 fully saturated rings. The number of urea groups is 1. The number of carboxylic acids is 1. The van der Waals surface area contributed by atoms with Gasteiger partial charge in [0.25, 0.3) is 0 Å². The molecule has 0 spiro atoms. The van der Waals surface area contributed by atoms with Gasteiger partial charge in [0.1, 0.15) is 17.6 Å². The van der Waals surface area contributed by atoms with Gasteiger partial charge in [-0.1, -0.05) is 0 Å². The van der Waals surface area contributed by atoms with Crippen molar-refractivity contribution in [1.82, 2.24) is 4.90 Å². The third-order valence-electron chi connectivity index (χ3n) is 4.60. The van der Waals surface area contributed by atoms with Crippen molar-refractivity contribution in [3.05, 3.63) is 17.7 Å². The van der Waals surface area contributed by atoms with Gasteiger partial charge in [0, 0.05) is 31.1 Å². The average Bonchev–Trinajstić information content (AvgIpc) is 2.94. The van der Waals surface area contributed by atoms with Gasteiger partial charge in [-0.3, -0.25) is 4.79 Å². The molecule has 25 heavy (non-hydrogen) atoms. The molecule has 2 heterocycles. The summed E-state index contributed by atoms with van der Waals surface area (Å²) in [6.45, 7) is 5.16. The maximum absolute atomic E-state index is 12.6. The van der Waals surface area contributed by atoms with E-state index in [-0.39, 0.29) is 18.7 Å². The highest BCUT2D eigenvalue weighted by Gasteiger charge is 2.29. The number of anilines is 1. The van der Waals surface area contributed by atoms with Gasteiger partial charge in [-0.05, 0) is 32.8 Å². The number of fused-ring (bicyclic) bond motifs is 1. The number of rotatable bonds is 4. The molecule has 2 aliphatic rings. The van der Waals surface area contributed by atoms with Crippen LogP contribution >= 0.6 is 0 Å². The number of hydrogen-bond acceptors (Lipinski definition) is 4.